The third-order valence-corrected chi connectivity index (χ3v) is 8.48. The Bertz CT molecular complexity index is 1580. The van der Waals surface area contributed by atoms with Crippen LogP contribution in [0.2, 0.25) is 0 Å². The Morgan fingerprint density at radius 2 is 2.13 bits per heavy atom. The molecule has 5 N–H and O–H groups in total. The summed E-state index contributed by atoms with van der Waals surface area (Å²) in [5.41, 5.74) is 5.62. The molecule has 39 heavy (non-hydrogen) atoms. The first-order chi connectivity index (χ1) is 18.7. The molecule has 3 aromatic rings. The molecule has 202 valence electrons. The van der Waals surface area contributed by atoms with Crippen molar-refractivity contribution in [3.8, 4) is 0 Å². The first kappa shape index (κ1) is 26.3. The monoisotopic (exact) mass is 592 g/mol. The Morgan fingerprint density at radius 3 is 2.79 bits per heavy atom. The van der Waals surface area contributed by atoms with Crippen LogP contribution in [-0.2, 0) is 19.2 Å². The predicted octanol–water partition coefficient (Wildman–Crippen LogP) is -0.862. The molecule has 2 aliphatic rings. The van der Waals surface area contributed by atoms with Crippen molar-refractivity contribution < 1.29 is 34.2 Å². The summed E-state index contributed by atoms with van der Waals surface area (Å²) in [6, 6.07) is 0.277. The third-order valence-electron chi connectivity index (χ3n) is 5.48. The van der Waals surface area contributed by atoms with E-state index in [1.807, 2.05) is 0 Å². The van der Waals surface area contributed by atoms with E-state index in [2.05, 4.69) is 36.1 Å². The molecule has 0 aromatic carbocycles. The number of fused-ring (bicyclic) bond motifs is 2. The maximum Gasteiger partial charge on any atom is 0.352 e. The minimum Gasteiger partial charge on any atom is -0.478 e. The second-order valence-electron chi connectivity index (χ2n) is 7.79. The van der Waals surface area contributed by atoms with Gasteiger partial charge in [0, 0.05) is 16.9 Å². The first-order valence-corrected chi connectivity index (χ1v) is 13.6. The number of aliphatic carboxylic acids is 1. The summed E-state index contributed by atoms with van der Waals surface area (Å²) >= 11 is 3.43. The number of thiazole rings is 1. The number of amides is 2. The molecule has 5 rings (SSSR count). The second-order valence-corrected chi connectivity index (χ2v) is 10.8. The number of nitrogens with zero attached hydrogens (tertiary/aromatic N) is 8. The summed E-state index contributed by atoms with van der Waals surface area (Å²) in [4.78, 5) is 59.5. The molecule has 0 spiro atoms. The molecule has 2 unspecified atom stereocenters. The minimum absolute atomic E-state index is 0.0374. The molecule has 0 bridgehead atoms. The van der Waals surface area contributed by atoms with Gasteiger partial charge in [-0.1, -0.05) is 16.9 Å². The predicted molar refractivity (Wildman–Crippen MR) is 136 cm³/mol. The second kappa shape index (κ2) is 10.5. The summed E-state index contributed by atoms with van der Waals surface area (Å²) in [5.74, 6) is -3.59. The number of carboxylic acids is 2. The fourth-order valence-electron chi connectivity index (χ4n) is 3.81. The van der Waals surface area contributed by atoms with Crippen LogP contribution in [0.4, 0.5) is 5.13 Å². The van der Waals surface area contributed by atoms with Crippen molar-refractivity contribution in [2.45, 2.75) is 16.4 Å². The van der Waals surface area contributed by atoms with Crippen LogP contribution in [0.5, 0.6) is 0 Å². The number of nitrogens with two attached hydrogens (primary N) is 1. The van der Waals surface area contributed by atoms with Gasteiger partial charge in [-0.15, -0.1) is 37.9 Å². The number of carboxylic acid groups (broad SMARTS) is 2. The van der Waals surface area contributed by atoms with Gasteiger partial charge in [0.25, 0.3) is 11.8 Å². The standard InChI is InChI=1S/C19H16N10O7S3/c1-36-25-10(8-5-39-19(20)21-8)14(30)22-11-15(31)28-12(18(34)35)6(4-38-16(11)28)3-37-9-2-7(17(32)33)13-23-26-27-29(13)24-9/h2,5,11,16H,3-4H2,1H3,(H2,20,21)(H,22,30)(H,32,33)(H,34,35)/b25-10+. The highest BCUT2D eigenvalue weighted by Crippen LogP contribution is 2.41. The van der Waals surface area contributed by atoms with E-state index in [0.717, 1.165) is 32.6 Å². The molecule has 3 aromatic heterocycles. The van der Waals surface area contributed by atoms with Crippen molar-refractivity contribution >= 4 is 75.1 Å². The largest absolute Gasteiger partial charge is 0.478 e. The van der Waals surface area contributed by atoms with Crippen molar-refractivity contribution in [3.63, 3.8) is 0 Å². The van der Waals surface area contributed by atoms with Gasteiger partial charge >= 0.3 is 11.9 Å². The van der Waals surface area contributed by atoms with Gasteiger partial charge in [0.1, 0.15) is 40.5 Å². The summed E-state index contributed by atoms with van der Waals surface area (Å²) < 4.78 is 0.970. The van der Waals surface area contributed by atoms with Crippen LogP contribution in [0.15, 0.2) is 32.9 Å². The van der Waals surface area contributed by atoms with Gasteiger partial charge in [-0.25, -0.2) is 14.6 Å². The minimum atomic E-state index is -1.32. The number of nitrogens with one attached hydrogen (secondary N) is 1. The number of tetrazole rings is 1. The Balaban J connectivity index is 1.33. The van der Waals surface area contributed by atoms with E-state index in [1.165, 1.54) is 30.3 Å². The lowest BCUT2D eigenvalue weighted by molar-refractivity contribution is -0.150. The van der Waals surface area contributed by atoms with Crippen molar-refractivity contribution in [1.82, 2.24) is 40.5 Å². The molecule has 1 saturated heterocycles. The molecular formula is C19H16N10O7S3. The molecule has 1 fully saturated rings. The highest BCUT2D eigenvalue weighted by atomic mass is 32.2. The molecule has 0 aliphatic carbocycles. The Kier molecular flexibility index (Phi) is 7.06. The van der Waals surface area contributed by atoms with Gasteiger partial charge < -0.3 is 26.1 Å². The quantitative estimate of drug-likeness (QED) is 0.102. The number of hydrogen-bond acceptors (Lipinski definition) is 15. The van der Waals surface area contributed by atoms with Crippen molar-refractivity contribution in [2.24, 2.45) is 5.16 Å². The summed E-state index contributed by atoms with van der Waals surface area (Å²) in [6.45, 7) is 0. The summed E-state index contributed by atoms with van der Waals surface area (Å²) in [7, 11) is 1.25. The highest BCUT2D eigenvalue weighted by Gasteiger charge is 2.54. The van der Waals surface area contributed by atoms with E-state index in [0.29, 0.717) is 5.57 Å². The normalized spacial score (nSPS) is 19.1. The number of hydrogen-bond donors (Lipinski definition) is 4. The molecule has 0 radical (unpaired) electrons. The van der Waals surface area contributed by atoms with E-state index in [4.69, 9.17) is 10.6 Å². The number of thioether (sulfide) groups is 2. The molecule has 17 nitrogen and oxygen atoms in total. The fourth-order valence-corrected chi connectivity index (χ4v) is 6.73. The average molecular weight is 593 g/mol. The maximum atomic E-state index is 13.0. The van der Waals surface area contributed by atoms with Crippen LogP contribution < -0.4 is 11.1 Å². The smallest absolute Gasteiger partial charge is 0.352 e. The number of aromatic carboxylic acids is 1. The first-order valence-electron chi connectivity index (χ1n) is 10.7. The molecule has 0 saturated carbocycles. The van der Waals surface area contributed by atoms with E-state index in [1.54, 1.807) is 0 Å². The van der Waals surface area contributed by atoms with Crippen molar-refractivity contribution in [2.75, 3.05) is 24.3 Å². The third kappa shape index (κ3) is 4.83. The van der Waals surface area contributed by atoms with Gasteiger partial charge in [0.2, 0.25) is 5.65 Å². The van der Waals surface area contributed by atoms with Gasteiger partial charge in [0.15, 0.2) is 10.8 Å². The highest BCUT2D eigenvalue weighted by molar-refractivity contribution is 8.01. The number of β-lactam (4-membered cyclic amide) rings is 1. The Hall–Kier alpha value is -4.30. The lowest BCUT2D eigenvalue weighted by atomic mass is 10.0. The number of anilines is 1. The van der Waals surface area contributed by atoms with Gasteiger partial charge in [-0.05, 0) is 22.1 Å². The van der Waals surface area contributed by atoms with Crippen LogP contribution in [0.3, 0.4) is 0 Å². The number of carbonyl (C=O) groups excluding carboxylic acids is 2. The number of carbonyl (C=O) groups is 4. The van der Waals surface area contributed by atoms with Crippen molar-refractivity contribution in [3.05, 3.63) is 34.0 Å². The van der Waals surface area contributed by atoms with E-state index < -0.39 is 35.2 Å². The summed E-state index contributed by atoms with van der Waals surface area (Å²) in [6.07, 6.45) is 0. The molecule has 2 amide bonds. The van der Waals surface area contributed by atoms with E-state index in [-0.39, 0.29) is 50.0 Å². The Morgan fingerprint density at radius 1 is 1.33 bits per heavy atom. The summed E-state index contributed by atoms with van der Waals surface area (Å²) in [5, 5.41) is 41.7. The van der Waals surface area contributed by atoms with Crippen LogP contribution in [-0.4, -0.2) is 105 Å². The fraction of sp³-hybridized carbons (Fsp3) is 0.263. The van der Waals surface area contributed by atoms with Crippen molar-refractivity contribution in [1.29, 1.82) is 0 Å². The molecule has 20 heteroatoms. The van der Waals surface area contributed by atoms with E-state index >= 15 is 0 Å². The molecule has 2 atom stereocenters. The molecule has 2 aliphatic heterocycles. The topological polar surface area (TPSA) is 240 Å². The number of rotatable bonds is 9. The van der Waals surface area contributed by atoms with Gasteiger partial charge in [0.05, 0.1) is 0 Å². The molecular weight excluding hydrogens is 576 g/mol. The number of nitrogen functional groups attached to an aromatic ring is 1. The Labute approximate surface area is 229 Å². The maximum absolute atomic E-state index is 13.0. The van der Waals surface area contributed by atoms with Crippen LogP contribution in [0, 0.1) is 0 Å². The van der Waals surface area contributed by atoms with Gasteiger partial charge in [-0.2, -0.15) is 0 Å². The SMILES string of the molecule is CO/N=C(/C(=O)NC1C(=O)N2C(C(=O)O)=C(CSc3cc(C(=O)O)c4nnnn4n3)CSC12)c1csc(N)n1. The van der Waals surface area contributed by atoms with Crippen LogP contribution in [0.1, 0.15) is 16.1 Å². The lowest BCUT2D eigenvalue weighted by Crippen LogP contribution is -2.71. The van der Waals surface area contributed by atoms with Crippen LogP contribution in [0.25, 0.3) is 5.65 Å². The van der Waals surface area contributed by atoms with Gasteiger partial charge in [-0.3, -0.25) is 14.5 Å². The van der Waals surface area contributed by atoms with Crippen LogP contribution >= 0.6 is 34.9 Å². The zero-order chi connectivity index (χ0) is 27.8. The number of aromatic nitrogens is 6. The number of oxime groups is 1. The molecule has 5 heterocycles. The zero-order valence-electron chi connectivity index (χ0n) is 19.5. The van der Waals surface area contributed by atoms with E-state index in [9.17, 15) is 29.4 Å². The lowest BCUT2D eigenvalue weighted by Gasteiger charge is -2.49. The zero-order valence-corrected chi connectivity index (χ0v) is 22.0. The average Bonchev–Trinajstić information content (AvgIpc) is 3.56.